The lowest BCUT2D eigenvalue weighted by Crippen LogP contribution is -2.63. The molecule has 8 heteroatoms. The van der Waals surface area contributed by atoms with Crippen LogP contribution in [0.5, 0.6) is 0 Å². The van der Waals surface area contributed by atoms with Crippen LogP contribution in [-0.4, -0.2) is 43.7 Å². The van der Waals surface area contributed by atoms with Crippen LogP contribution in [0.2, 0.25) is 5.02 Å². The Bertz CT molecular complexity index is 732. The molecule has 0 saturated carbocycles. The molecule has 128 valence electrons. The number of β-lactam (4-membered cyclic amide) rings is 1. The van der Waals surface area contributed by atoms with Crippen molar-refractivity contribution in [3.05, 3.63) is 39.9 Å². The molecule has 0 radical (unpaired) electrons. The number of hydrogen-bond acceptors (Lipinski definition) is 4. The van der Waals surface area contributed by atoms with E-state index < -0.39 is 47.0 Å². The van der Waals surface area contributed by atoms with Crippen molar-refractivity contribution in [1.82, 2.24) is 4.90 Å². The highest BCUT2D eigenvalue weighted by atomic mass is 35.5. The Hall–Kier alpha value is -1.54. The van der Waals surface area contributed by atoms with Crippen molar-refractivity contribution in [1.29, 1.82) is 0 Å². The van der Waals surface area contributed by atoms with Gasteiger partial charge in [0.1, 0.15) is 0 Å². The third-order valence-corrected chi connectivity index (χ3v) is 6.46. The van der Waals surface area contributed by atoms with E-state index in [4.69, 9.17) is 11.6 Å². The summed E-state index contributed by atoms with van der Waals surface area (Å²) >= 11 is 4.10. The van der Waals surface area contributed by atoms with Crippen molar-refractivity contribution in [2.45, 2.75) is 30.9 Å². The normalized spacial score (nSPS) is 28.5. The largest absolute Gasteiger partial charge is 0.607 e. The van der Waals surface area contributed by atoms with Gasteiger partial charge in [-0.25, -0.2) is 4.79 Å². The minimum absolute atomic E-state index is 0.200. The highest BCUT2D eigenvalue weighted by Gasteiger charge is 2.62. The van der Waals surface area contributed by atoms with E-state index in [1.807, 2.05) is 0 Å². The number of amides is 1. The minimum Gasteiger partial charge on any atom is -0.607 e. The first kappa shape index (κ1) is 17.3. The number of nitrogens with zero attached hydrogens (tertiary/aromatic N) is 1. The Morgan fingerprint density at radius 1 is 1.38 bits per heavy atom. The van der Waals surface area contributed by atoms with Crippen LogP contribution < -0.4 is 0 Å². The maximum atomic E-state index is 12.9. The monoisotopic (exact) mass is 369 g/mol. The zero-order chi connectivity index (χ0) is 17.8. The number of carboxylic acids is 1. The summed E-state index contributed by atoms with van der Waals surface area (Å²) in [5, 5.41) is 19.8. The lowest BCUT2D eigenvalue weighted by Gasteiger charge is -2.45. The molecule has 24 heavy (non-hydrogen) atoms. The van der Waals surface area contributed by atoms with Crippen LogP contribution in [0.4, 0.5) is 0 Å². The Morgan fingerprint density at radius 2 is 1.96 bits per heavy atom. The number of halogens is 1. The summed E-state index contributed by atoms with van der Waals surface area (Å²) in [6, 6.07) is 5.82. The van der Waals surface area contributed by atoms with E-state index in [9.17, 15) is 24.4 Å². The Labute approximate surface area is 146 Å². The third-order valence-electron chi connectivity index (χ3n) is 4.54. The van der Waals surface area contributed by atoms with E-state index in [0.717, 1.165) is 4.90 Å². The van der Waals surface area contributed by atoms with Crippen molar-refractivity contribution in [3.63, 3.8) is 0 Å². The van der Waals surface area contributed by atoms with E-state index in [2.05, 4.69) is 0 Å². The van der Waals surface area contributed by atoms with Crippen LogP contribution in [0.1, 0.15) is 13.8 Å². The number of aliphatic hydroxyl groups excluding tert-OH is 1. The molecule has 1 aromatic carbocycles. The van der Waals surface area contributed by atoms with Gasteiger partial charge in [0.05, 0.1) is 24.0 Å². The highest BCUT2D eigenvalue weighted by molar-refractivity contribution is 7.95. The van der Waals surface area contributed by atoms with Gasteiger partial charge < -0.3 is 14.8 Å². The van der Waals surface area contributed by atoms with Gasteiger partial charge in [0.15, 0.2) is 15.5 Å². The first-order chi connectivity index (χ1) is 11.3. The van der Waals surface area contributed by atoms with E-state index in [-0.39, 0.29) is 10.6 Å². The highest BCUT2D eigenvalue weighted by Crippen LogP contribution is 2.49. The van der Waals surface area contributed by atoms with E-state index in [1.165, 1.54) is 6.92 Å². The first-order valence-corrected chi connectivity index (χ1v) is 8.94. The first-order valence-electron chi connectivity index (χ1n) is 7.41. The molecule has 2 N–H and O–H groups in total. The number of carbonyl (C=O) groups excluding carboxylic acids is 1. The summed E-state index contributed by atoms with van der Waals surface area (Å²) in [5.41, 5.74) is -0.234. The van der Waals surface area contributed by atoms with Crippen LogP contribution >= 0.6 is 11.6 Å². The second-order valence-corrected chi connectivity index (χ2v) is 7.88. The molecule has 0 spiro atoms. The van der Waals surface area contributed by atoms with Crippen LogP contribution in [0.3, 0.4) is 0 Å². The van der Waals surface area contributed by atoms with Crippen LogP contribution in [-0.2, 0) is 20.8 Å². The molecular weight excluding hydrogens is 354 g/mol. The lowest BCUT2D eigenvalue weighted by atomic mass is 9.79. The standard InChI is InChI=1S/C16H16ClNO5S/c1-7-12-11(8(2)19)15(20)18(12)13(16(21)22)14(7)24(23)10-5-3-9(17)4-6-10/h3-8,11-12,19H,1-2H3,(H,21,22)/t7-,8?,11-,12-,24?/m1/s1. The molecule has 1 aromatic rings. The molecule has 2 heterocycles. The Balaban J connectivity index is 2.03. The SMILES string of the molecule is CC(O)[C@H]1C(=O)N2C(C(=O)O)=C([S+]([O-])c3ccc(Cl)cc3)[C@H](C)[C@H]12. The molecule has 3 rings (SSSR count). The summed E-state index contributed by atoms with van der Waals surface area (Å²) in [7, 11) is 0. The van der Waals surface area contributed by atoms with Gasteiger partial charge in [0, 0.05) is 16.2 Å². The van der Waals surface area contributed by atoms with Crippen molar-refractivity contribution >= 4 is 34.7 Å². The molecular formula is C16H16ClNO5S. The second-order valence-electron chi connectivity index (χ2n) is 5.99. The number of rotatable bonds is 4. The molecule has 1 fully saturated rings. The van der Waals surface area contributed by atoms with Gasteiger partial charge >= 0.3 is 5.97 Å². The van der Waals surface area contributed by atoms with Gasteiger partial charge in [0.25, 0.3) is 0 Å². The molecule has 0 aliphatic carbocycles. The number of hydrogen-bond donors (Lipinski definition) is 2. The number of aliphatic carboxylic acids is 1. The maximum Gasteiger partial charge on any atom is 0.357 e. The van der Waals surface area contributed by atoms with Crippen LogP contribution in [0.25, 0.3) is 0 Å². The summed E-state index contributed by atoms with van der Waals surface area (Å²) in [5.74, 6) is -2.83. The van der Waals surface area contributed by atoms with Gasteiger partial charge in [-0.3, -0.25) is 9.69 Å². The predicted molar refractivity (Wildman–Crippen MR) is 87.5 cm³/mol. The van der Waals surface area contributed by atoms with Crippen LogP contribution in [0, 0.1) is 11.8 Å². The summed E-state index contributed by atoms with van der Waals surface area (Å²) in [6.45, 7) is 3.24. The molecule has 2 aliphatic rings. The predicted octanol–water partition coefficient (Wildman–Crippen LogP) is 1.60. The molecule has 2 unspecified atom stereocenters. The molecule has 0 bridgehead atoms. The van der Waals surface area contributed by atoms with E-state index >= 15 is 0 Å². The summed E-state index contributed by atoms with van der Waals surface area (Å²) in [6.07, 6.45) is -0.889. The average Bonchev–Trinajstić information content (AvgIpc) is 2.76. The number of aliphatic hydroxyl groups is 1. The molecule has 0 aromatic heterocycles. The smallest absolute Gasteiger partial charge is 0.357 e. The average molecular weight is 370 g/mol. The van der Waals surface area contributed by atoms with Gasteiger partial charge in [0.2, 0.25) is 5.91 Å². The zero-order valence-electron chi connectivity index (χ0n) is 13.0. The molecule has 5 atom stereocenters. The summed E-state index contributed by atoms with van der Waals surface area (Å²) in [4.78, 5) is 25.7. The molecule has 1 saturated heterocycles. The van der Waals surface area contributed by atoms with Crippen molar-refractivity contribution in [2.24, 2.45) is 11.8 Å². The van der Waals surface area contributed by atoms with Crippen molar-refractivity contribution < 1.29 is 24.4 Å². The zero-order valence-corrected chi connectivity index (χ0v) is 14.5. The Morgan fingerprint density at radius 3 is 2.46 bits per heavy atom. The van der Waals surface area contributed by atoms with E-state index in [1.54, 1.807) is 31.2 Å². The van der Waals surface area contributed by atoms with Crippen LogP contribution in [0.15, 0.2) is 39.8 Å². The molecule has 2 aliphatic heterocycles. The fourth-order valence-corrected chi connectivity index (χ4v) is 5.06. The quantitative estimate of drug-likeness (QED) is 0.620. The number of fused-ring (bicyclic) bond motifs is 1. The van der Waals surface area contributed by atoms with Gasteiger partial charge in [-0.05, 0) is 31.2 Å². The summed E-state index contributed by atoms with van der Waals surface area (Å²) < 4.78 is 12.9. The third kappa shape index (κ3) is 2.43. The molecule has 1 amide bonds. The van der Waals surface area contributed by atoms with Crippen molar-refractivity contribution in [2.75, 3.05) is 0 Å². The fourth-order valence-electron chi connectivity index (χ4n) is 3.46. The second kappa shape index (κ2) is 6.07. The fraction of sp³-hybridized carbons (Fsp3) is 0.375. The van der Waals surface area contributed by atoms with Crippen molar-refractivity contribution in [3.8, 4) is 0 Å². The Kier molecular flexibility index (Phi) is 4.37. The molecule has 6 nitrogen and oxygen atoms in total. The maximum absolute atomic E-state index is 12.9. The van der Waals surface area contributed by atoms with Gasteiger partial charge in [-0.1, -0.05) is 18.5 Å². The van der Waals surface area contributed by atoms with Gasteiger partial charge in [-0.15, -0.1) is 0 Å². The van der Waals surface area contributed by atoms with Gasteiger partial charge in [-0.2, -0.15) is 0 Å². The number of carbonyl (C=O) groups is 2. The lowest BCUT2D eigenvalue weighted by molar-refractivity contribution is -0.163. The topological polar surface area (TPSA) is 101 Å². The minimum atomic E-state index is -1.73. The van der Waals surface area contributed by atoms with E-state index in [0.29, 0.717) is 9.92 Å². The number of benzene rings is 1. The number of carboxylic acid groups (broad SMARTS) is 1.